The van der Waals surface area contributed by atoms with E-state index in [-0.39, 0.29) is 0 Å². The third-order valence-electron chi connectivity index (χ3n) is 5.38. The Balaban J connectivity index is 1.50. The van der Waals surface area contributed by atoms with Crippen molar-refractivity contribution < 1.29 is 4.74 Å². The molecule has 1 aromatic rings. The maximum absolute atomic E-state index is 5.49. The number of rotatable bonds is 6. The van der Waals surface area contributed by atoms with Crippen LogP contribution < -0.4 is 10.1 Å². The van der Waals surface area contributed by atoms with Gasteiger partial charge in [-0.2, -0.15) is 11.8 Å². The minimum Gasteiger partial charge on any atom is -0.496 e. The standard InChI is InChI=1S/C18H27NOS/c1-20-17-8-4-3-7-16(17)14-11-15(12-14)19-13-18(21-2)9-5-6-10-18/h3-4,7-8,14-15,19H,5-6,9-13H2,1-2H3. The molecule has 3 heteroatoms. The van der Waals surface area contributed by atoms with Crippen molar-refractivity contribution in [3.8, 4) is 5.75 Å². The predicted molar refractivity (Wildman–Crippen MR) is 91.5 cm³/mol. The van der Waals surface area contributed by atoms with Crippen molar-refractivity contribution in [2.45, 2.75) is 55.2 Å². The second-order valence-electron chi connectivity index (χ2n) is 6.58. The van der Waals surface area contributed by atoms with Gasteiger partial charge in [0, 0.05) is 17.3 Å². The summed E-state index contributed by atoms with van der Waals surface area (Å²) in [6, 6.07) is 9.18. The highest BCUT2D eigenvalue weighted by atomic mass is 32.2. The molecule has 1 N–H and O–H groups in total. The first kappa shape index (κ1) is 15.2. The molecule has 0 radical (unpaired) electrons. The first-order valence-electron chi connectivity index (χ1n) is 8.18. The number of benzene rings is 1. The lowest BCUT2D eigenvalue weighted by atomic mass is 9.75. The number of thioether (sulfide) groups is 1. The number of hydrogen-bond donors (Lipinski definition) is 1. The molecule has 0 aliphatic heterocycles. The molecule has 2 aliphatic carbocycles. The first-order valence-corrected chi connectivity index (χ1v) is 9.40. The lowest BCUT2D eigenvalue weighted by Gasteiger charge is -2.39. The van der Waals surface area contributed by atoms with Crippen molar-refractivity contribution in [1.82, 2.24) is 5.32 Å². The Morgan fingerprint density at radius 3 is 2.62 bits per heavy atom. The van der Waals surface area contributed by atoms with Crippen LogP contribution >= 0.6 is 11.8 Å². The average Bonchev–Trinajstić information content (AvgIpc) is 2.95. The average molecular weight is 305 g/mol. The molecule has 2 nitrogen and oxygen atoms in total. The van der Waals surface area contributed by atoms with E-state index in [1.165, 1.54) is 50.6 Å². The number of methoxy groups -OCH3 is 1. The Morgan fingerprint density at radius 2 is 1.95 bits per heavy atom. The van der Waals surface area contributed by atoms with Gasteiger partial charge in [-0.25, -0.2) is 0 Å². The minimum absolute atomic E-state index is 0.523. The molecule has 0 unspecified atom stereocenters. The predicted octanol–water partition coefficient (Wildman–Crippen LogP) is 4.21. The van der Waals surface area contributed by atoms with Crippen molar-refractivity contribution in [3.05, 3.63) is 29.8 Å². The summed E-state index contributed by atoms with van der Waals surface area (Å²) in [5, 5.41) is 3.83. The van der Waals surface area contributed by atoms with Crippen LogP contribution in [0.3, 0.4) is 0 Å². The molecule has 2 saturated carbocycles. The molecular formula is C18H27NOS. The van der Waals surface area contributed by atoms with Crippen LogP contribution in [0.25, 0.3) is 0 Å². The van der Waals surface area contributed by atoms with Gasteiger partial charge in [0.15, 0.2) is 0 Å². The van der Waals surface area contributed by atoms with Crippen molar-refractivity contribution in [2.24, 2.45) is 0 Å². The van der Waals surface area contributed by atoms with Gasteiger partial charge in [0.1, 0.15) is 5.75 Å². The highest BCUT2D eigenvalue weighted by Crippen LogP contribution is 2.43. The second kappa shape index (κ2) is 6.62. The third kappa shape index (κ3) is 3.24. The van der Waals surface area contributed by atoms with Crippen LogP contribution in [-0.4, -0.2) is 30.7 Å². The normalized spacial score (nSPS) is 27.3. The van der Waals surface area contributed by atoms with E-state index in [1.807, 2.05) is 0 Å². The van der Waals surface area contributed by atoms with Crippen LogP contribution in [0.4, 0.5) is 0 Å². The van der Waals surface area contributed by atoms with E-state index >= 15 is 0 Å². The summed E-state index contributed by atoms with van der Waals surface area (Å²) in [5.74, 6) is 1.73. The smallest absolute Gasteiger partial charge is 0.122 e. The molecule has 0 amide bonds. The molecule has 2 aliphatic rings. The molecule has 1 aromatic carbocycles. The molecule has 0 saturated heterocycles. The molecule has 21 heavy (non-hydrogen) atoms. The lowest BCUT2D eigenvalue weighted by molar-refractivity contribution is 0.275. The first-order chi connectivity index (χ1) is 10.3. The van der Waals surface area contributed by atoms with Crippen molar-refractivity contribution >= 4 is 11.8 Å². The maximum Gasteiger partial charge on any atom is 0.122 e. The molecular weight excluding hydrogens is 278 g/mol. The summed E-state index contributed by atoms with van der Waals surface area (Å²) >= 11 is 2.08. The van der Waals surface area contributed by atoms with Crippen LogP contribution in [0.15, 0.2) is 24.3 Å². The Labute approximate surface area is 133 Å². The Morgan fingerprint density at radius 1 is 1.24 bits per heavy atom. The van der Waals surface area contributed by atoms with E-state index in [4.69, 9.17) is 4.74 Å². The summed E-state index contributed by atoms with van der Waals surface area (Å²) in [6.45, 7) is 1.19. The highest BCUT2D eigenvalue weighted by Gasteiger charge is 2.36. The SMILES string of the molecule is COc1ccccc1C1CC(NCC2(SC)CCCC2)C1. The molecule has 0 spiro atoms. The fourth-order valence-corrected chi connectivity index (χ4v) is 4.77. The zero-order chi connectivity index (χ0) is 14.7. The summed E-state index contributed by atoms with van der Waals surface area (Å²) in [6.07, 6.45) is 10.4. The third-order valence-corrected chi connectivity index (χ3v) is 6.80. The fourth-order valence-electron chi connectivity index (χ4n) is 3.84. The molecule has 0 bridgehead atoms. The van der Waals surface area contributed by atoms with E-state index in [9.17, 15) is 0 Å². The fraction of sp³-hybridized carbons (Fsp3) is 0.667. The monoisotopic (exact) mass is 305 g/mol. The van der Waals surface area contributed by atoms with Gasteiger partial charge in [0.2, 0.25) is 0 Å². The van der Waals surface area contributed by atoms with Crippen LogP contribution in [-0.2, 0) is 0 Å². The van der Waals surface area contributed by atoms with Crippen molar-refractivity contribution in [3.63, 3.8) is 0 Å². The second-order valence-corrected chi connectivity index (χ2v) is 7.86. The zero-order valence-electron chi connectivity index (χ0n) is 13.2. The summed E-state index contributed by atoms with van der Waals surface area (Å²) in [7, 11) is 1.77. The van der Waals surface area contributed by atoms with Crippen molar-refractivity contribution in [2.75, 3.05) is 19.9 Å². The highest BCUT2D eigenvalue weighted by molar-refractivity contribution is 8.00. The van der Waals surface area contributed by atoms with E-state index < -0.39 is 0 Å². The largest absolute Gasteiger partial charge is 0.496 e. The lowest BCUT2D eigenvalue weighted by Crippen LogP contribution is -2.46. The Hall–Kier alpha value is -0.670. The van der Waals surface area contributed by atoms with E-state index in [0.717, 1.165) is 5.75 Å². The number of ether oxygens (including phenoxy) is 1. The zero-order valence-corrected chi connectivity index (χ0v) is 14.0. The summed E-state index contributed by atoms with van der Waals surface area (Å²) in [5.41, 5.74) is 1.39. The topological polar surface area (TPSA) is 21.3 Å². The van der Waals surface area contributed by atoms with Crippen LogP contribution in [0.1, 0.15) is 50.0 Å². The molecule has 116 valence electrons. The van der Waals surface area contributed by atoms with Gasteiger partial charge in [-0.3, -0.25) is 0 Å². The minimum atomic E-state index is 0.523. The Kier molecular flexibility index (Phi) is 4.80. The van der Waals surface area contributed by atoms with Crippen LogP contribution in [0.5, 0.6) is 5.75 Å². The van der Waals surface area contributed by atoms with Gasteiger partial charge in [0.05, 0.1) is 7.11 Å². The number of nitrogens with one attached hydrogen (secondary N) is 1. The van der Waals surface area contributed by atoms with E-state index in [0.29, 0.717) is 16.7 Å². The molecule has 0 heterocycles. The molecule has 0 aromatic heterocycles. The van der Waals surface area contributed by atoms with Crippen molar-refractivity contribution in [1.29, 1.82) is 0 Å². The number of hydrogen-bond acceptors (Lipinski definition) is 3. The summed E-state index contributed by atoms with van der Waals surface area (Å²) < 4.78 is 6.01. The summed E-state index contributed by atoms with van der Waals surface area (Å²) in [4.78, 5) is 0. The van der Waals surface area contributed by atoms with Gasteiger partial charge in [-0.15, -0.1) is 0 Å². The van der Waals surface area contributed by atoms with E-state index in [2.05, 4.69) is 47.6 Å². The van der Waals surface area contributed by atoms with Crippen LogP contribution in [0, 0.1) is 0 Å². The Bertz CT molecular complexity index is 464. The van der Waals surface area contributed by atoms with E-state index in [1.54, 1.807) is 7.11 Å². The molecule has 2 fully saturated rings. The maximum atomic E-state index is 5.49. The molecule has 0 atom stereocenters. The number of para-hydroxylation sites is 1. The quantitative estimate of drug-likeness (QED) is 0.851. The molecule has 3 rings (SSSR count). The van der Waals surface area contributed by atoms with Gasteiger partial charge in [-0.1, -0.05) is 31.0 Å². The van der Waals surface area contributed by atoms with Gasteiger partial charge in [-0.05, 0) is 49.5 Å². The van der Waals surface area contributed by atoms with Gasteiger partial charge in [0.25, 0.3) is 0 Å². The van der Waals surface area contributed by atoms with Gasteiger partial charge >= 0.3 is 0 Å². The van der Waals surface area contributed by atoms with Crippen LogP contribution in [0.2, 0.25) is 0 Å². The van der Waals surface area contributed by atoms with Gasteiger partial charge < -0.3 is 10.1 Å².